The quantitative estimate of drug-likeness (QED) is 0.221. The molecule has 2 rings (SSSR count). The number of hydrogen-bond acceptors (Lipinski definition) is 12. The minimum atomic E-state index is -4.70. The van der Waals surface area contributed by atoms with E-state index in [1.165, 1.54) is 33.0 Å². The molecule has 0 spiro atoms. The highest BCUT2D eigenvalue weighted by atomic mass is 32.2. The maximum atomic E-state index is 12.3. The summed E-state index contributed by atoms with van der Waals surface area (Å²) in [5.41, 5.74) is 5.09. The predicted octanol–water partition coefficient (Wildman–Crippen LogP) is 1.03. The van der Waals surface area contributed by atoms with Gasteiger partial charge in [-0.3, -0.25) is 14.7 Å². The van der Waals surface area contributed by atoms with E-state index in [9.17, 15) is 35.7 Å². The molecule has 21 heteroatoms. The number of rotatable bonds is 11. The van der Waals surface area contributed by atoms with E-state index in [2.05, 4.69) is 19.7 Å². The van der Waals surface area contributed by atoms with E-state index < -0.39 is 59.0 Å². The normalized spacial score (nSPS) is 13.5. The lowest BCUT2D eigenvalue weighted by Gasteiger charge is -2.13. The summed E-state index contributed by atoms with van der Waals surface area (Å²) in [6.07, 6.45) is -3.70. The van der Waals surface area contributed by atoms with Crippen molar-refractivity contribution < 1.29 is 60.0 Å². The zero-order valence-corrected chi connectivity index (χ0v) is 22.8. The van der Waals surface area contributed by atoms with Gasteiger partial charge in [-0.15, -0.1) is 0 Å². The van der Waals surface area contributed by atoms with Gasteiger partial charge in [0.25, 0.3) is 10.0 Å². The van der Waals surface area contributed by atoms with Crippen molar-refractivity contribution in [2.45, 2.75) is 23.7 Å². The number of aliphatic carboxylic acids is 1. The third-order valence-electron chi connectivity index (χ3n) is 4.10. The molecule has 40 heavy (non-hydrogen) atoms. The lowest BCUT2D eigenvalue weighted by Crippen LogP contribution is -2.35. The molecule has 224 valence electrons. The second-order valence-corrected chi connectivity index (χ2v) is 11.7. The number of amides is 2. The summed E-state index contributed by atoms with van der Waals surface area (Å²) in [4.78, 5) is 41.9. The van der Waals surface area contributed by atoms with Gasteiger partial charge in [0.1, 0.15) is 6.04 Å². The Morgan fingerprint density at radius 1 is 1.20 bits per heavy atom. The Hall–Kier alpha value is -3.74. The fourth-order valence-corrected chi connectivity index (χ4v) is 4.06. The summed E-state index contributed by atoms with van der Waals surface area (Å²) < 4.78 is 88.1. The van der Waals surface area contributed by atoms with Gasteiger partial charge in [-0.2, -0.15) is 31.6 Å². The second kappa shape index (κ2) is 14.6. The number of halogens is 3. The second-order valence-electron chi connectivity index (χ2n) is 7.55. The highest BCUT2D eigenvalue weighted by Crippen LogP contribution is 2.35. The number of nitrogens with one attached hydrogen (secondary N) is 2. The Balaban J connectivity index is 0.000000614. The summed E-state index contributed by atoms with van der Waals surface area (Å²) in [6.45, 7) is -0.563. The zero-order chi connectivity index (χ0) is 30.7. The van der Waals surface area contributed by atoms with Gasteiger partial charge in [-0.05, 0) is 18.6 Å². The molecule has 6 N–H and O–H groups in total. The molecule has 0 aliphatic carbocycles. The summed E-state index contributed by atoms with van der Waals surface area (Å²) >= 11 is 0. The first-order valence-electron chi connectivity index (χ1n) is 10.6. The van der Waals surface area contributed by atoms with Crippen LogP contribution in [0.4, 0.5) is 23.9 Å². The van der Waals surface area contributed by atoms with Gasteiger partial charge in [0.05, 0.1) is 20.3 Å². The van der Waals surface area contributed by atoms with Gasteiger partial charge in [-0.25, -0.2) is 14.5 Å². The maximum Gasteiger partial charge on any atom is 0.422 e. The van der Waals surface area contributed by atoms with E-state index in [0.717, 1.165) is 12.3 Å². The zero-order valence-electron chi connectivity index (χ0n) is 21.1. The van der Waals surface area contributed by atoms with Crippen molar-refractivity contribution in [2.24, 2.45) is 5.73 Å². The summed E-state index contributed by atoms with van der Waals surface area (Å²) in [7, 11) is -5.21. The molecule has 0 radical (unpaired) electrons. The molecule has 0 aliphatic rings. The van der Waals surface area contributed by atoms with Crippen LogP contribution in [0, 0.1) is 0 Å². The molecule has 0 aromatic carbocycles. The van der Waals surface area contributed by atoms with E-state index >= 15 is 0 Å². The van der Waals surface area contributed by atoms with Crippen LogP contribution < -0.4 is 30.0 Å². The Bertz CT molecular complexity index is 1300. The molecule has 0 saturated heterocycles. The number of hydrogen-bond donors (Lipinski definition) is 5. The van der Waals surface area contributed by atoms with Crippen LogP contribution in [-0.2, 0) is 19.4 Å². The van der Waals surface area contributed by atoms with Crippen LogP contribution in [0.2, 0.25) is 0 Å². The van der Waals surface area contributed by atoms with Crippen molar-refractivity contribution in [1.29, 1.82) is 0 Å². The number of anilines is 1. The highest BCUT2D eigenvalue weighted by Gasteiger charge is 2.31. The standard InChI is InChI=1S/C14H14F3N5O6S.C5H12NO4P/c1-26-9-6-10(27-2)20-12(19-9)21-13(23)22-29(24,25)11-8(4-3-5-18-11)28-7-14(15,16)17;1-11(9,10)3-2-4(6)5(7)8/h3-6H,7H2,1-2H3,(H2,19,20,21,22,23);4H,2-3,6H2,1H3,(H,7,8)(H,9,10). The van der Waals surface area contributed by atoms with Crippen molar-refractivity contribution in [3.8, 4) is 17.5 Å². The number of carboxylic acids is 1. The number of urea groups is 1. The average Bonchev–Trinajstić information content (AvgIpc) is 2.84. The third-order valence-corrected chi connectivity index (χ3v) is 6.46. The lowest BCUT2D eigenvalue weighted by molar-refractivity contribution is -0.154. The molecule has 16 nitrogen and oxygen atoms in total. The number of pyridine rings is 1. The van der Waals surface area contributed by atoms with Crippen LogP contribution in [-0.4, -0.2) is 91.2 Å². The molecule has 0 aliphatic heterocycles. The van der Waals surface area contributed by atoms with Gasteiger partial charge in [0.2, 0.25) is 22.7 Å². The minimum absolute atomic E-state index is 0.0163. The topological polar surface area (TPSA) is 242 Å². The number of carbonyl (C=O) groups excluding carboxylic acids is 1. The number of carboxylic acid groups (broad SMARTS) is 1. The molecule has 2 unspecified atom stereocenters. The van der Waals surface area contributed by atoms with Crippen LogP contribution >= 0.6 is 7.37 Å². The van der Waals surface area contributed by atoms with Gasteiger partial charge >= 0.3 is 18.2 Å². The van der Waals surface area contributed by atoms with Crippen LogP contribution in [0.15, 0.2) is 29.4 Å². The molecular formula is C19H26F3N6O10PS. The molecule has 2 atom stereocenters. The first-order chi connectivity index (χ1) is 18.4. The van der Waals surface area contributed by atoms with Gasteiger partial charge in [-0.1, -0.05) is 0 Å². The van der Waals surface area contributed by atoms with Crippen LogP contribution in [0.5, 0.6) is 17.5 Å². The Labute approximate surface area is 225 Å². The van der Waals surface area contributed by atoms with Crippen molar-refractivity contribution in [3.05, 3.63) is 24.4 Å². The van der Waals surface area contributed by atoms with Crippen LogP contribution in [0.3, 0.4) is 0 Å². The maximum absolute atomic E-state index is 12.3. The molecule has 0 fully saturated rings. The number of carbonyl (C=O) groups is 2. The van der Waals surface area contributed by atoms with Crippen molar-refractivity contribution in [3.63, 3.8) is 0 Å². The SMILES string of the molecule is COc1cc(OC)nc(NC(=O)NS(=O)(=O)c2ncccc2OCC(F)(F)F)n1.CP(=O)(O)CCC(N)C(=O)O. The van der Waals surface area contributed by atoms with E-state index in [4.69, 9.17) is 25.2 Å². The van der Waals surface area contributed by atoms with Gasteiger partial charge in [0.15, 0.2) is 19.7 Å². The molecule has 2 aromatic heterocycles. The number of methoxy groups -OCH3 is 2. The number of nitrogens with zero attached hydrogens (tertiary/aromatic N) is 3. The fourth-order valence-electron chi connectivity index (χ4n) is 2.32. The van der Waals surface area contributed by atoms with Gasteiger partial charge < -0.3 is 29.9 Å². The first kappa shape index (κ1) is 34.3. The Morgan fingerprint density at radius 3 is 2.25 bits per heavy atom. The fraction of sp³-hybridized carbons (Fsp3) is 0.421. The monoisotopic (exact) mass is 618 g/mol. The largest absolute Gasteiger partial charge is 0.481 e. The number of nitrogens with two attached hydrogens (primary N) is 1. The first-order valence-corrected chi connectivity index (χ1v) is 14.4. The van der Waals surface area contributed by atoms with Crippen molar-refractivity contribution >= 4 is 35.3 Å². The highest BCUT2D eigenvalue weighted by molar-refractivity contribution is 7.90. The minimum Gasteiger partial charge on any atom is -0.481 e. The summed E-state index contributed by atoms with van der Waals surface area (Å²) in [5.74, 6) is -2.16. The van der Waals surface area contributed by atoms with Crippen LogP contribution in [0.25, 0.3) is 0 Å². The van der Waals surface area contributed by atoms with Crippen molar-refractivity contribution in [2.75, 3.05) is 39.0 Å². The molecule has 0 saturated carbocycles. The smallest absolute Gasteiger partial charge is 0.422 e. The molecular weight excluding hydrogens is 592 g/mol. The third kappa shape index (κ3) is 12.9. The van der Waals surface area contributed by atoms with E-state index in [0.29, 0.717) is 0 Å². The summed E-state index contributed by atoms with van der Waals surface area (Å²) in [5, 5.41) is 9.40. The van der Waals surface area contributed by atoms with Gasteiger partial charge in [0, 0.05) is 19.0 Å². The number of alkyl halides is 3. The Kier molecular flexibility index (Phi) is 12.5. The lowest BCUT2D eigenvalue weighted by atomic mass is 10.2. The molecule has 2 amide bonds. The van der Waals surface area contributed by atoms with Crippen molar-refractivity contribution in [1.82, 2.24) is 19.7 Å². The number of ether oxygens (including phenoxy) is 3. The molecule has 2 aromatic rings. The predicted molar refractivity (Wildman–Crippen MR) is 131 cm³/mol. The number of sulfonamides is 1. The number of aromatic nitrogens is 3. The molecule has 2 heterocycles. The van der Waals surface area contributed by atoms with E-state index in [-0.39, 0.29) is 30.3 Å². The summed E-state index contributed by atoms with van der Waals surface area (Å²) in [6, 6.07) is 1.09. The molecule has 0 bridgehead atoms. The Morgan fingerprint density at radius 2 is 1.77 bits per heavy atom. The van der Waals surface area contributed by atoms with E-state index in [1.54, 1.807) is 4.72 Å². The average molecular weight is 618 g/mol. The van der Waals surface area contributed by atoms with E-state index in [1.807, 2.05) is 5.32 Å². The van der Waals surface area contributed by atoms with Crippen LogP contribution in [0.1, 0.15) is 6.42 Å².